The minimum absolute atomic E-state index is 0.471. The summed E-state index contributed by atoms with van der Waals surface area (Å²) in [5.74, 6) is 0.774. The van der Waals surface area contributed by atoms with Crippen LogP contribution in [0.25, 0.3) is 0 Å². The summed E-state index contributed by atoms with van der Waals surface area (Å²) in [5, 5.41) is 8.85. The largest absolute Gasteiger partial charge is 0.497 e. The Labute approximate surface area is 113 Å². The molecule has 5 heteroatoms. The Hall–Kier alpha value is -1.75. The molecule has 0 saturated heterocycles. The Morgan fingerprint density at radius 3 is 2.42 bits per heavy atom. The number of methoxy groups -OCH3 is 1. The van der Waals surface area contributed by atoms with Crippen LogP contribution >= 0.6 is 0 Å². The van der Waals surface area contributed by atoms with Crippen LogP contribution in [0, 0.1) is 0 Å². The molecule has 0 aliphatic carbocycles. The first-order valence-electron chi connectivity index (χ1n) is 6.24. The SMILES string of the molecule is COc1ccc(OCCCN(C)C(C)C(=O)O)cc1. The quantitative estimate of drug-likeness (QED) is 0.729. The lowest BCUT2D eigenvalue weighted by Gasteiger charge is -2.20. The predicted molar refractivity (Wildman–Crippen MR) is 72.8 cm³/mol. The van der Waals surface area contributed by atoms with Gasteiger partial charge < -0.3 is 14.6 Å². The first-order valence-corrected chi connectivity index (χ1v) is 6.24. The predicted octanol–water partition coefficient (Wildman–Crippen LogP) is 1.87. The van der Waals surface area contributed by atoms with Crippen molar-refractivity contribution in [2.75, 3.05) is 27.3 Å². The van der Waals surface area contributed by atoms with E-state index in [-0.39, 0.29) is 0 Å². The maximum absolute atomic E-state index is 10.8. The molecule has 1 N–H and O–H groups in total. The van der Waals surface area contributed by atoms with Crippen molar-refractivity contribution >= 4 is 5.97 Å². The second-order valence-electron chi connectivity index (χ2n) is 4.37. The zero-order chi connectivity index (χ0) is 14.3. The molecule has 0 aliphatic rings. The third-order valence-corrected chi connectivity index (χ3v) is 3.00. The van der Waals surface area contributed by atoms with Gasteiger partial charge in [-0.15, -0.1) is 0 Å². The molecule has 1 unspecified atom stereocenters. The van der Waals surface area contributed by atoms with Gasteiger partial charge in [0.25, 0.3) is 0 Å². The van der Waals surface area contributed by atoms with E-state index in [0.717, 1.165) is 17.9 Å². The van der Waals surface area contributed by atoms with Gasteiger partial charge in [-0.3, -0.25) is 9.69 Å². The number of ether oxygens (including phenoxy) is 2. The number of carboxylic acid groups (broad SMARTS) is 1. The molecule has 0 aliphatic heterocycles. The Balaban J connectivity index is 2.25. The second kappa shape index (κ2) is 7.63. The number of benzene rings is 1. The van der Waals surface area contributed by atoms with Crippen molar-refractivity contribution in [3.63, 3.8) is 0 Å². The maximum atomic E-state index is 10.8. The number of hydrogen-bond acceptors (Lipinski definition) is 4. The van der Waals surface area contributed by atoms with Crippen LogP contribution < -0.4 is 9.47 Å². The molecule has 0 spiro atoms. The van der Waals surface area contributed by atoms with Crippen molar-refractivity contribution in [1.29, 1.82) is 0 Å². The van der Waals surface area contributed by atoms with Crippen LogP contribution in [0.2, 0.25) is 0 Å². The monoisotopic (exact) mass is 267 g/mol. The standard InChI is InChI=1S/C14H21NO4/c1-11(14(16)17)15(2)9-4-10-19-13-7-5-12(18-3)6-8-13/h5-8,11H,4,9-10H2,1-3H3,(H,16,17). The Morgan fingerprint density at radius 2 is 1.89 bits per heavy atom. The van der Waals surface area contributed by atoms with Crippen molar-refractivity contribution in [3.05, 3.63) is 24.3 Å². The van der Waals surface area contributed by atoms with Gasteiger partial charge in [-0.1, -0.05) is 0 Å². The molecule has 0 fully saturated rings. The molecule has 1 atom stereocenters. The second-order valence-corrected chi connectivity index (χ2v) is 4.37. The molecule has 0 saturated carbocycles. The third-order valence-electron chi connectivity index (χ3n) is 3.00. The zero-order valence-electron chi connectivity index (χ0n) is 11.6. The van der Waals surface area contributed by atoms with Gasteiger partial charge in [0.05, 0.1) is 13.7 Å². The number of nitrogens with zero attached hydrogens (tertiary/aromatic N) is 1. The van der Waals surface area contributed by atoms with Gasteiger partial charge >= 0.3 is 5.97 Å². The summed E-state index contributed by atoms with van der Waals surface area (Å²) in [5.41, 5.74) is 0. The van der Waals surface area contributed by atoms with Crippen LogP contribution in [-0.2, 0) is 4.79 Å². The van der Waals surface area contributed by atoms with Crippen LogP contribution in [0.5, 0.6) is 11.5 Å². The zero-order valence-corrected chi connectivity index (χ0v) is 11.6. The minimum Gasteiger partial charge on any atom is -0.497 e. The summed E-state index contributed by atoms with van der Waals surface area (Å²) in [6, 6.07) is 6.91. The van der Waals surface area contributed by atoms with Gasteiger partial charge in [0.2, 0.25) is 0 Å². The summed E-state index contributed by atoms with van der Waals surface area (Å²) in [7, 11) is 3.42. The summed E-state index contributed by atoms with van der Waals surface area (Å²) >= 11 is 0. The molecule has 5 nitrogen and oxygen atoms in total. The molecule has 1 aromatic rings. The summed E-state index contributed by atoms with van der Waals surface area (Å²) in [4.78, 5) is 12.6. The lowest BCUT2D eigenvalue weighted by atomic mass is 10.3. The molecule has 0 aromatic heterocycles. The van der Waals surface area contributed by atoms with E-state index in [2.05, 4.69) is 0 Å². The lowest BCUT2D eigenvalue weighted by Crippen LogP contribution is -2.36. The Morgan fingerprint density at radius 1 is 1.32 bits per heavy atom. The highest BCUT2D eigenvalue weighted by atomic mass is 16.5. The van der Waals surface area contributed by atoms with Crippen LogP contribution in [0.1, 0.15) is 13.3 Å². The van der Waals surface area contributed by atoms with E-state index >= 15 is 0 Å². The smallest absolute Gasteiger partial charge is 0.320 e. The molecule has 19 heavy (non-hydrogen) atoms. The lowest BCUT2D eigenvalue weighted by molar-refractivity contribution is -0.142. The minimum atomic E-state index is -0.807. The fraction of sp³-hybridized carbons (Fsp3) is 0.500. The molecule has 0 amide bonds. The van der Waals surface area contributed by atoms with Gasteiger partial charge in [0, 0.05) is 6.54 Å². The van der Waals surface area contributed by atoms with Gasteiger partial charge in [-0.25, -0.2) is 0 Å². The van der Waals surface area contributed by atoms with Crippen molar-refractivity contribution in [1.82, 2.24) is 4.90 Å². The number of rotatable bonds is 8. The van der Waals surface area contributed by atoms with Crippen LogP contribution in [-0.4, -0.2) is 49.3 Å². The van der Waals surface area contributed by atoms with Crippen molar-refractivity contribution < 1.29 is 19.4 Å². The normalized spacial score (nSPS) is 12.2. The highest BCUT2D eigenvalue weighted by molar-refractivity contribution is 5.72. The van der Waals surface area contributed by atoms with Gasteiger partial charge in [0.15, 0.2) is 0 Å². The average Bonchev–Trinajstić information content (AvgIpc) is 2.43. The number of carboxylic acids is 1. The molecule has 0 heterocycles. The van der Waals surface area contributed by atoms with E-state index in [0.29, 0.717) is 13.2 Å². The van der Waals surface area contributed by atoms with E-state index in [4.69, 9.17) is 14.6 Å². The molecule has 106 valence electrons. The fourth-order valence-electron chi connectivity index (χ4n) is 1.56. The topological polar surface area (TPSA) is 59.0 Å². The van der Waals surface area contributed by atoms with E-state index in [1.54, 1.807) is 26.0 Å². The first kappa shape index (κ1) is 15.3. The molecular weight excluding hydrogens is 246 g/mol. The van der Waals surface area contributed by atoms with Crippen molar-refractivity contribution in [2.45, 2.75) is 19.4 Å². The van der Waals surface area contributed by atoms with E-state index < -0.39 is 12.0 Å². The third kappa shape index (κ3) is 5.18. The number of likely N-dealkylation sites (N-methyl/N-ethyl adjacent to an activating group) is 1. The highest BCUT2D eigenvalue weighted by Crippen LogP contribution is 2.17. The molecule has 0 bridgehead atoms. The number of aliphatic carboxylic acids is 1. The van der Waals surface area contributed by atoms with Crippen LogP contribution in [0.4, 0.5) is 0 Å². The van der Waals surface area contributed by atoms with E-state index in [9.17, 15) is 4.79 Å². The Kier molecular flexibility index (Phi) is 6.15. The van der Waals surface area contributed by atoms with Crippen molar-refractivity contribution in [2.24, 2.45) is 0 Å². The van der Waals surface area contributed by atoms with Crippen molar-refractivity contribution in [3.8, 4) is 11.5 Å². The van der Waals surface area contributed by atoms with Crippen LogP contribution in [0.15, 0.2) is 24.3 Å². The molecule has 1 aromatic carbocycles. The van der Waals surface area contributed by atoms with E-state index in [1.807, 2.05) is 24.3 Å². The fourth-order valence-corrected chi connectivity index (χ4v) is 1.56. The van der Waals surface area contributed by atoms with Gasteiger partial charge in [-0.2, -0.15) is 0 Å². The summed E-state index contributed by atoms with van der Waals surface area (Å²) in [6.45, 7) is 2.92. The molecule has 0 radical (unpaired) electrons. The number of carbonyl (C=O) groups is 1. The first-order chi connectivity index (χ1) is 9.04. The number of hydrogen-bond donors (Lipinski definition) is 1. The summed E-state index contributed by atoms with van der Waals surface area (Å²) < 4.78 is 10.6. The average molecular weight is 267 g/mol. The van der Waals surface area contributed by atoms with E-state index in [1.165, 1.54) is 0 Å². The highest BCUT2D eigenvalue weighted by Gasteiger charge is 2.15. The Bertz CT molecular complexity index is 391. The molecular formula is C14H21NO4. The molecule has 1 rings (SSSR count). The van der Waals surface area contributed by atoms with Gasteiger partial charge in [0.1, 0.15) is 17.5 Å². The maximum Gasteiger partial charge on any atom is 0.320 e. The van der Waals surface area contributed by atoms with Crippen LogP contribution in [0.3, 0.4) is 0 Å². The summed E-state index contributed by atoms with van der Waals surface area (Å²) in [6.07, 6.45) is 0.778. The van der Waals surface area contributed by atoms with Gasteiger partial charge in [-0.05, 0) is 44.7 Å².